The molecule has 0 rings (SSSR count). The van der Waals surface area contributed by atoms with Crippen LogP contribution in [0.2, 0.25) is 0 Å². The van der Waals surface area contributed by atoms with Crippen molar-refractivity contribution in [2.24, 2.45) is 5.92 Å². The van der Waals surface area contributed by atoms with E-state index in [9.17, 15) is 24.9 Å². The largest absolute Gasteiger partial charge is 0.549 e. The summed E-state index contributed by atoms with van der Waals surface area (Å²) in [5.41, 5.74) is 0. The lowest BCUT2D eigenvalue weighted by molar-refractivity contribution is -0.873. The summed E-state index contributed by atoms with van der Waals surface area (Å²) >= 11 is 0. The summed E-state index contributed by atoms with van der Waals surface area (Å²) in [6.07, 6.45) is 10.1. The Labute approximate surface area is 164 Å². The van der Waals surface area contributed by atoms with Gasteiger partial charge in [0, 0.05) is 12.5 Å². The fraction of sp³-hybridized carbons (Fsp3) is 0.810. The number of carboxylic acids is 1. The first-order valence-electron chi connectivity index (χ1n) is 10.2. The molecule has 0 aliphatic heterocycles. The first-order valence-corrected chi connectivity index (χ1v) is 10.2. The lowest BCUT2D eigenvalue weighted by Crippen LogP contribution is -2.49. The number of allylic oxidation sites excluding steroid dienone is 1. The number of aliphatic hydroxyl groups excluding tert-OH is 2. The minimum absolute atomic E-state index is 0.114. The van der Waals surface area contributed by atoms with Gasteiger partial charge in [0.1, 0.15) is 18.4 Å². The highest BCUT2D eigenvalue weighted by Crippen LogP contribution is 2.16. The summed E-state index contributed by atoms with van der Waals surface area (Å²) < 4.78 is 0.324. The highest BCUT2D eigenvalue weighted by molar-refractivity contribution is 5.90. The van der Waals surface area contributed by atoms with Crippen molar-refractivity contribution >= 4 is 11.8 Å². The van der Waals surface area contributed by atoms with Crippen LogP contribution in [-0.4, -0.2) is 60.2 Å². The second-order valence-electron chi connectivity index (χ2n) is 8.45. The van der Waals surface area contributed by atoms with Crippen LogP contribution in [0.5, 0.6) is 0 Å². The molecule has 0 spiro atoms. The van der Waals surface area contributed by atoms with Crippen LogP contribution in [0.15, 0.2) is 11.8 Å². The average Bonchev–Trinajstić information content (AvgIpc) is 2.51. The van der Waals surface area contributed by atoms with Crippen LogP contribution < -0.4 is 5.11 Å². The van der Waals surface area contributed by atoms with Gasteiger partial charge in [0.15, 0.2) is 5.78 Å². The monoisotopic (exact) mass is 385 g/mol. The highest BCUT2D eigenvalue weighted by atomic mass is 16.4. The summed E-state index contributed by atoms with van der Waals surface area (Å²) in [6, 6.07) is 0. The molecule has 0 radical (unpaired) electrons. The molecule has 6 heteroatoms. The summed E-state index contributed by atoms with van der Waals surface area (Å²) in [5.74, 6) is -4.12. The molecule has 0 aromatic carbocycles. The quantitative estimate of drug-likeness (QED) is 0.184. The lowest BCUT2D eigenvalue weighted by atomic mass is 9.97. The lowest BCUT2D eigenvalue weighted by Gasteiger charge is -2.30. The number of hydrogen-bond donors (Lipinski definition) is 2. The first kappa shape index (κ1) is 25.6. The van der Waals surface area contributed by atoms with Crippen molar-refractivity contribution in [2.75, 3.05) is 27.7 Å². The van der Waals surface area contributed by atoms with Crippen LogP contribution in [0.3, 0.4) is 0 Å². The van der Waals surface area contributed by atoms with Gasteiger partial charge < -0.3 is 24.6 Å². The van der Waals surface area contributed by atoms with Crippen molar-refractivity contribution in [3.8, 4) is 0 Å². The van der Waals surface area contributed by atoms with Gasteiger partial charge in [0.25, 0.3) is 0 Å². The van der Waals surface area contributed by atoms with Gasteiger partial charge in [-0.25, -0.2) is 0 Å². The van der Waals surface area contributed by atoms with E-state index in [4.69, 9.17) is 0 Å². The standard InChI is InChI=1S/C21H39NO5/c1-5-6-7-8-9-10-11-12-13-14-17(23)15-18(24)20(21(26)27)19(25)16-22(2,3)4/h15,19-20,25H,5-14,16H2,1-4H3,(H-,23,24,26,27). The molecule has 0 heterocycles. The number of quaternary nitrogens is 1. The molecule has 0 bridgehead atoms. The normalized spacial score (nSPS) is 14.8. The van der Waals surface area contributed by atoms with Crippen molar-refractivity contribution in [1.82, 2.24) is 0 Å². The predicted octanol–water partition coefficient (Wildman–Crippen LogP) is 2.35. The summed E-state index contributed by atoms with van der Waals surface area (Å²) in [5, 5.41) is 31.4. The van der Waals surface area contributed by atoms with Crippen LogP contribution in [0, 0.1) is 5.92 Å². The zero-order valence-corrected chi connectivity index (χ0v) is 17.6. The number of likely N-dealkylation sites (N-methyl/N-ethyl adjacent to an activating group) is 1. The molecular weight excluding hydrogens is 346 g/mol. The van der Waals surface area contributed by atoms with Crippen LogP contribution in [0.1, 0.15) is 71.1 Å². The van der Waals surface area contributed by atoms with Gasteiger partial charge in [-0.05, 0) is 6.42 Å². The van der Waals surface area contributed by atoms with E-state index in [-0.39, 0.29) is 18.7 Å². The van der Waals surface area contributed by atoms with Crippen molar-refractivity contribution in [3.63, 3.8) is 0 Å². The molecular formula is C21H39NO5. The summed E-state index contributed by atoms with van der Waals surface area (Å²) in [7, 11) is 5.39. The smallest absolute Gasteiger partial charge is 0.159 e. The van der Waals surface area contributed by atoms with E-state index >= 15 is 0 Å². The second-order valence-corrected chi connectivity index (χ2v) is 8.45. The Morgan fingerprint density at radius 1 is 0.963 bits per heavy atom. The van der Waals surface area contributed by atoms with Crippen molar-refractivity contribution in [2.45, 2.75) is 77.2 Å². The molecule has 0 amide bonds. The maximum absolute atomic E-state index is 12.0. The molecule has 2 atom stereocenters. The zero-order valence-electron chi connectivity index (χ0n) is 17.6. The number of hydrogen-bond acceptors (Lipinski definition) is 5. The molecule has 0 aliphatic carbocycles. The van der Waals surface area contributed by atoms with Gasteiger partial charge in [-0.3, -0.25) is 4.79 Å². The van der Waals surface area contributed by atoms with Crippen LogP contribution in [0.4, 0.5) is 0 Å². The van der Waals surface area contributed by atoms with Gasteiger partial charge in [0.2, 0.25) is 0 Å². The fourth-order valence-corrected chi connectivity index (χ4v) is 3.08. The average molecular weight is 386 g/mol. The minimum atomic E-state index is -1.59. The van der Waals surface area contributed by atoms with Crippen LogP contribution >= 0.6 is 0 Å². The van der Waals surface area contributed by atoms with Crippen LogP contribution in [0.25, 0.3) is 0 Å². The van der Waals surface area contributed by atoms with Crippen molar-refractivity contribution in [3.05, 3.63) is 11.8 Å². The first-order chi connectivity index (χ1) is 12.6. The highest BCUT2D eigenvalue weighted by Gasteiger charge is 2.29. The molecule has 0 aliphatic rings. The van der Waals surface area contributed by atoms with E-state index < -0.39 is 23.8 Å². The van der Waals surface area contributed by atoms with Gasteiger partial charge in [-0.2, -0.15) is 0 Å². The third-order valence-corrected chi connectivity index (χ3v) is 4.53. The third kappa shape index (κ3) is 13.4. The Morgan fingerprint density at radius 2 is 1.44 bits per heavy atom. The van der Waals surface area contributed by atoms with Crippen molar-refractivity contribution < 1.29 is 29.4 Å². The Kier molecular flexibility index (Phi) is 13.0. The summed E-state index contributed by atoms with van der Waals surface area (Å²) in [4.78, 5) is 23.2. The van der Waals surface area contributed by atoms with Gasteiger partial charge >= 0.3 is 0 Å². The van der Waals surface area contributed by atoms with E-state index in [0.29, 0.717) is 4.48 Å². The third-order valence-electron chi connectivity index (χ3n) is 4.53. The van der Waals surface area contributed by atoms with Crippen molar-refractivity contribution in [1.29, 1.82) is 0 Å². The number of aliphatic carboxylic acids is 1. The number of rotatable bonds is 16. The van der Waals surface area contributed by atoms with E-state index in [2.05, 4.69) is 6.92 Å². The predicted molar refractivity (Wildman–Crippen MR) is 105 cm³/mol. The minimum Gasteiger partial charge on any atom is -0.549 e. The number of carbonyl (C=O) groups excluding carboxylic acids is 2. The number of aliphatic hydroxyl groups is 2. The van der Waals surface area contributed by atoms with Gasteiger partial charge in [0.05, 0.1) is 33.0 Å². The SMILES string of the molecule is CCCCCCCCCCCC(=O)/C=C(\O)C(C(=O)[O-])C(O)C[N+](C)(C)C. The number of nitrogens with zero attached hydrogens (tertiary/aromatic N) is 1. The van der Waals surface area contributed by atoms with E-state index in [1.807, 2.05) is 0 Å². The molecule has 0 aromatic heterocycles. The Morgan fingerprint density at radius 3 is 1.89 bits per heavy atom. The van der Waals surface area contributed by atoms with Crippen LogP contribution in [-0.2, 0) is 9.59 Å². The fourth-order valence-electron chi connectivity index (χ4n) is 3.08. The van der Waals surface area contributed by atoms with Gasteiger partial charge in [-0.1, -0.05) is 58.3 Å². The maximum atomic E-state index is 12.0. The summed E-state index contributed by atoms with van der Waals surface area (Å²) in [6.45, 7) is 2.31. The Balaban J connectivity index is 4.29. The topological polar surface area (TPSA) is 97.7 Å². The molecule has 2 unspecified atom stereocenters. The van der Waals surface area contributed by atoms with Gasteiger partial charge in [-0.15, -0.1) is 0 Å². The number of ketones is 1. The molecule has 0 saturated heterocycles. The maximum Gasteiger partial charge on any atom is 0.159 e. The molecule has 0 saturated carbocycles. The number of unbranched alkanes of at least 4 members (excludes halogenated alkanes) is 8. The van der Waals surface area contributed by atoms with E-state index in [1.54, 1.807) is 21.1 Å². The molecule has 0 aromatic rings. The number of carboxylic acid groups (broad SMARTS) is 1. The molecule has 2 N–H and O–H groups in total. The zero-order chi connectivity index (χ0) is 20.9. The molecule has 6 nitrogen and oxygen atoms in total. The number of carbonyl (C=O) groups is 2. The second kappa shape index (κ2) is 13.7. The molecule has 27 heavy (non-hydrogen) atoms. The Bertz CT molecular complexity index is 468. The Hall–Kier alpha value is -1.40. The molecule has 0 fully saturated rings. The molecule has 158 valence electrons. The van der Waals surface area contributed by atoms with E-state index in [0.717, 1.165) is 25.3 Å². The van der Waals surface area contributed by atoms with E-state index in [1.165, 1.54) is 38.5 Å².